The molecule has 110 valence electrons. The van der Waals surface area contributed by atoms with Gasteiger partial charge in [0.2, 0.25) is 0 Å². The Bertz CT molecular complexity index is 675. The van der Waals surface area contributed by atoms with E-state index in [4.69, 9.17) is 9.47 Å². The van der Waals surface area contributed by atoms with Crippen molar-refractivity contribution >= 4 is 15.9 Å². The van der Waals surface area contributed by atoms with Crippen molar-refractivity contribution in [3.63, 3.8) is 0 Å². The summed E-state index contributed by atoms with van der Waals surface area (Å²) in [5.41, 5.74) is 1.43. The molecule has 3 rings (SSSR count). The topological polar surface area (TPSA) is 38.7 Å². The van der Waals surface area contributed by atoms with E-state index in [-0.39, 0.29) is 11.9 Å². The molecule has 0 radical (unpaired) electrons. The minimum Gasteiger partial charge on any atom is -0.496 e. The molecule has 3 nitrogen and oxygen atoms in total. The Morgan fingerprint density at radius 3 is 2.81 bits per heavy atom. The molecule has 1 N–H and O–H groups in total. The highest BCUT2D eigenvalue weighted by molar-refractivity contribution is 9.10. The van der Waals surface area contributed by atoms with E-state index in [1.165, 1.54) is 12.1 Å². The average Bonchev–Trinajstić information content (AvgIpc) is 2.47. The van der Waals surface area contributed by atoms with Crippen molar-refractivity contribution in [2.45, 2.75) is 18.6 Å². The summed E-state index contributed by atoms with van der Waals surface area (Å²) in [7, 11) is 1.60. The first-order valence-electron chi connectivity index (χ1n) is 6.56. The summed E-state index contributed by atoms with van der Waals surface area (Å²) in [5, 5.41) is 10.2. The normalized spacial score (nSPS) is 20.6. The highest BCUT2D eigenvalue weighted by Crippen LogP contribution is 2.42. The summed E-state index contributed by atoms with van der Waals surface area (Å²) < 4.78 is 25.1. The molecule has 5 heteroatoms. The van der Waals surface area contributed by atoms with Gasteiger partial charge in [0.25, 0.3) is 0 Å². The van der Waals surface area contributed by atoms with Gasteiger partial charge >= 0.3 is 0 Å². The summed E-state index contributed by atoms with van der Waals surface area (Å²) in [4.78, 5) is 0. The number of halogens is 2. The fourth-order valence-corrected chi connectivity index (χ4v) is 3.06. The Morgan fingerprint density at radius 2 is 2.10 bits per heavy atom. The minimum atomic E-state index is -0.740. The molecule has 0 amide bonds. The van der Waals surface area contributed by atoms with E-state index in [1.807, 2.05) is 18.2 Å². The largest absolute Gasteiger partial charge is 0.496 e. The van der Waals surface area contributed by atoms with Crippen molar-refractivity contribution in [2.75, 3.05) is 7.11 Å². The maximum atomic E-state index is 13.2. The van der Waals surface area contributed by atoms with Gasteiger partial charge in [-0.3, -0.25) is 0 Å². The van der Waals surface area contributed by atoms with Crippen LogP contribution in [0.5, 0.6) is 11.5 Å². The van der Waals surface area contributed by atoms with Gasteiger partial charge in [-0.2, -0.15) is 0 Å². The number of ether oxygens (including phenoxy) is 2. The van der Waals surface area contributed by atoms with Crippen LogP contribution in [0.2, 0.25) is 0 Å². The number of aliphatic hydroxyl groups excluding tert-OH is 1. The molecule has 1 heterocycles. The molecule has 2 aromatic rings. The molecule has 2 aromatic carbocycles. The van der Waals surface area contributed by atoms with Crippen molar-refractivity contribution in [1.82, 2.24) is 0 Å². The van der Waals surface area contributed by atoms with Gasteiger partial charge in [-0.05, 0) is 51.8 Å². The van der Waals surface area contributed by atoms with Crippen LogP contribution >= 0.6 is 15.9 Å². The number of methoxy groups -OCH3 is 1. The third-order valence-corrected chi connectivity index (χ3v) is 4.20. The van der Waals surface area contributed by atoms with E-state index >= 15 is 0 Å². The minimum absolute atomic E-state index is 0.278. The third kappa shape index (κ3) is 2.76. The first-order valence-corrected chi connectivity index (χ1v) is 7.35. The molecule has 1 aliphatic rings. The lowest BCUT2D eigenvalue weighted by molar-refractivity contribution is 0.0653. The van der Waals surface area contributed by atoms with E-state index < -0.39 is 6.10 Å². The van der Waals surface area contributed by atoms with Crippen LogP contribution in [-0.2, 0) is 0 Å². The van der Waals surface area contributed by atoms with E-state index in [2.05, 4.69) is 15.9 Å². The molecule has 1 aliphatic heterocycles. The standard InChI is InChI=1S/C16H14BrFO3/c1-20-15-4-2-9(6-12(15)17)16-8-13(19)11-7-10(18)3-5-14(11)21-16/h2-7,13,16,19H,8H2,1H3/t13-,16?/m1/s1. The summed E-state index contributed by atoms with van der Waals surface area (Å²) >= 11 is 3.44. The van der Waals surface area contributed by atoms with Crippen LogP contribution in [0, 0.1) is 5.82 Å². The van der Waals surface area contributed by atoms with E-state index in [0.717, 1.165) is 15.8 Å². The van der Waals surface area contributed by atoms with Crippen LogP contribution in [0.15, 0.2) is 40.9 Å². The first-order chi connectivity index (χ1) is 10.1. The van der Waals surface area contributed by atoms with Crippen LogP contribution in [0.4, 0.5) is 4.39 Å². The maximum absolute atomic E-state index is 13.2. The molecule has 1 unspecified atom stereocenters. The Hall–Kier alpha value is -1.59. The fraction of sp³-hybridized carbons (Fsp3) is 0.250. The van der Waals surface area contributed by atoms with Gasteiger partial charge < -0.3 is 14.6 Å². The van der Waals surface area contributed by atoms with Gasteiger partial charge in [-0.1, -0.05) is 6.07 Å². The van der Waals surface area contributed by atoms with Crippen molar-refractivity contribution in [3.8, 4) is 11.5 Å². The number of aliphatic hydroxyl groups is 1. The molecule has 0 aromatic heterocycles. The predicted octanol–water partition coefficient (Wildman–Crippen LogP) is 4.15. The van der Waals surface area contributed by atoms with Crippen LogP contribution in [0.25, 0.3) is 0 Å². The molecular formula is C16H14BrFO3. The average molecular weight is 353 g/mol. The maximum Gasteiger partial charge on any atom is 0.133 e. The zero-order valence-corrected chi connectivity index (χ0v) is 12.9. The summed E-state index contributed by atoms with van der Waals surface area (Å²) in [6, 6.07) is 9.85. The number of hydrogen-bond acceptors (Lipinski definition) is 3. The van der Waals surface area contributed by atoms with Gasteiger partial charge in [0.05, 0.1) is 17.7 Å². The second-order valence-corrected chi connectivity index (χ2v) is 5.79. The van der Waals surface area contributed by atoms with Crippen LogP contribution in [-0.4, -0.2) is 12.2 Å². The first kappa shape index (κ1) is 14.4. The predicted molar refractivity (Wildman–Crippen MR) is 80.0 cm³/mol. The number of hydrogen-bond donors (Lipinski definition) is 1. The number of fused-ring (bicyclic) bond motifs is 1. The van der Waals surface area contributed by atoms with E-state index in [0.29, 0.717) is 17.7 Å². The Kier molecular flexibility index (Phi) is 3.87. The van der Waals surface area contributed by atoms with E-state index in [9.17, 15) is 9.50 Å². The Labute approximate surface area is 130 Å². The van der Waals surface area contributed by atoms with Gasteiger partial charge in [-0.15, -0.1) is 0 Å². The zero-order valence-electron chi connectivity index (χ0n) is 11.3. The second-order valence-electron chi connectivity index (χ2n) is 4.93. The summed E-state index contributed by atoms with van der Waals surface area (Å²) in [6.45, 7) is 0. The van der Waals surface area contributed by atoms with Crippen molar-refractivity contribution in [1.29, 1.82) is 0 Å². The smallest absolute Gasteiger partial charge is 0.133 e. The zero-order chi connectivity index (χ0) is 15.0. The second kappa shape index (κ2) is 5.66. The lowest BCUT2D eigenvalue weighted by atomic mass is 9.95. The highest BCUT2D eigenvalue weighted by atomic mass is 79.9. The molecule has 0 aliphatic carbocycles. The van der Waals surface area contributed by atoms with Gasteiger partial charge in [-0.25, -0.2) is 4.39 Å². The Balaban J connectivity index is 1.92. The fourth-order valence-electron chi connectivity index (χ4n) is 2.51. The molecular weight excluding hydrogens is 339 g/mol. The summed E-state index contributed by atoms with van der Waals surface area (Å²) in [6.07, 6.45) is -0.634. The SMILES string of the molecule is COc1ccc(C2C[C@@H](O)c3cc(F)ccc3O2)cc1Br. The quantitative estimate of drug-likeness (QED) is 0.882. The number of benzene rings is 2. The van der Waals surface area contributed by atoms with Crippen LogP contribution < -0.4 is 9.47 Å². The van der Waals surface area contributed by atoms with Gasteiger partial charge in [0, 0.05) is 12.0 Å². The van der Waals surface area contributed by atoms with Crippen molar-refractivity contribution in [3.05, 3.63) is 57.8 Å². The molecule has 0 fully saturated rings. The molecule has 21 heavy (non-hydrogen) atoms. The summed E-state index contributed by atoms with van der Waals surface area (Å²) in [5.74, 6) is 0.881. The highest BCUT2D eigenvalue weighted by Gasteiger charge is 2.28. The van der Waals surface area contributed by atoms with Crippen LogP contribution in [0.3, 0.4) is 0 Å². The molecule has 0 bridgehead atoms. The lowest BCUT2D eigenvalue weighted by Crippen LogP contribution is -2.19. The Morgan fingerprint density at radius 1 is 1.29 bits per heavy atom. The van der Waals surface area contributed by atoms with Gasteiger partial charge in [0.1, 0.15) is 23.4 Å². The monoisotopic (exact) mass is 352 g/mol. The molecule has 0 saturated carbocycles. The lowest BCUT2D eigenvalue weighted by Gasteiger charge is -2.30. The van der Waals surface area contributed by atoms with Gasteiger partial charge in [0.15, 0.2) is 0 Å². The molecule has 0 saturated heterocycles. The van der Waals surface area contributed by atoms with Crippen molar-refractivity contribution in [2.24, 2.45) is 0 Å². The van der Waals surface area contributed by atoms with Crippen LogP contribution in [0.1, 0.15) is 29.8 Å². The van der Waals surface area contributed by atoms with Crippen molar-refractivity contribution < 1.29 is 19.0 Å². The van der Waals surface area contributed by atoms with E-state index in [1.54, 1.807) is 13.2 Å². The number of rotatable bonds is 2. The molecule has 0 spiro atoms. The third-order valence-electron chi connectivity index (χ3n) is 3.59. The molecule has 2 atom stereocenters.